The molecule has 0 fully saturated rings. The number of nitrogens with zero attached hydrogens (tertiary/aromatic N) is 1. The zero-order valence-corrected chi connectivity index (χ0v) is 5.74. The van der Waals surface area contributed by atoms with Crippen molar-refractivity contribution in [3.63, 3.8) is 0 Å². The van der Waals surface area contributed by atoms with Crippen LogP contribution in [0, 0.1) is 0 Å². The maximum atomic E-state index is 5.21. The van der Waals surface area contributed by atoms with E-state index in [2.05, 4.69) is 11.1 Å². The van der Waals surface area contributed by atoms with Gasteiger partial charge in [0.25, 0.3) is 0 Å². The van der Waals surface area contributed by atoms with Crippen LogP contribution >= 0.6 is 0 Å². The Labute approximate surface area is 63.5 Å². The third-order valence-electron chi connectivity index (χ3n) is 1.98. The maximum absolute atomic E-state index is 5.21. The van der Waals surface area contributed by atoms with Gasteiger partial charge in [0.15, 0.2) is 5.76 Å². The van der Waals surface area contributed by atoms with Gasteiger partial charge in [0.1, 0.15) is 5.69 Å². The third-order valence-corrected chi connectivity index (χ3v) is 1.98. The highest BCUT2D eigenvalue weighted by Gasteiger charge is 2.26. The molecule has 1 aliphatic rings. The summed E-state index contributed by atoms with van der Waals surface area (Å²) in [6, 6.07) is 5.97. The number of aromatic nitrogens is 1. The standard InChI is InChI=1S/C9H5NO/c1-2-6-7-3-5-11-9(7)8(6)10-4-1/h1-5H. The first kappa shape index (κ1) is 5.13. The molecule has 0 bridgehead atoms. The second-order valence-corrected chi connectivity index (χ2v) is 2.56. The Balaban J connectivity index is 2.38. The molecule has 0 unspecified atom stereocenters. The van der Waals surface area contributed by atoms with Gasteiger partial charge in [0.2, 0.25) is 0 Å². The molecule has 2 nitrogen and oxygen atoms in total. The maximum Gasteiger partial charge on any atom is 0.160 e. The summed E-state index contributed by atoms with van der Waals surface area (Å²) in [6.07, 6.45) is 3.48. The first-order valence-electron chi connectivity index (χ1n) is 3.50. The Kier molecular flexibility index (Phi) is 0.714. The monoisotopic (exact) mass is 143 g/mol. The van der Waals surface area contributed by atoms with E-state index in [0.717, 1.165) is 11.5 Å². The lowest BCUT2D eigenvalue weighted by atomic mass is 9.92. The van der Waals surface area contributed by atoms with Crippen molar-refractivity contribution in [2.45, 2.75) is 0 Å². The summed E-state index contributed by atoms with van der Waals surface area (Å²) >= 11 is 0. The van der Waals surface area contributed by atoms with Gasteiger partial charge in [-0.3, -0.25) is 4.98 Å². The van der Waals surface area contributed by atoms with Crippen LogP contribution in [0.1, 0.15) is 0 Å². The zero-order valence-electron chi connectivity index (χ0n) is 5.74. The van der Waals surface area contributed by atoms with Gasteiger partial charge < -0.3 is 4.42 Å². The fraction of sp³-hybridized carbons (Fsp3) is 0. The molecular weight excluding hydrogens is 138 g/mol. The molecule has 0 amide bonds. The largest absolute Gasteiger partial charge is 0.462 e. The van der Waals surface area contributed by atoms with Gasteiger partial charge in [0.05, 0.1) is 6.26 Å². The van der Waals surface area contributed by atoms with Gasteiger partial charge in [-0.1, -0.05) is 6.07 Å². The Morgan fingerprint density at radius 1 is 1.18 bits per heavy atom. The fourth-order valence-electron chi connectivity index (χ4n) is 1.45. The number of rotatable bonds is 0. The van der Waals surface area contributed by atoms with Crippen molar-refractivity contribution in [2.75, 3.05) is 0 Å². The normalized spacial score (nSPS) is 11.6. The van der Waals surface area contributed by atoms with E-state index < -0.39 is 0 Å². The molecule has 3 rings (SSSR count). The van der Waals surface area contributed by atoms with E-state index in [1.54, 1.807) is 12.5 Å². The van der Waals surface area contributed by atoms with E-state index in [0.29, 0.717) is 0 Å². The molecule has 0 aromatic carbocycles. The van der Waals surface area contributed by atoms with Crippen molar-refractivity contribution in [1.82, 2.24) is 4.98 Å². The molecule has 2 aromatic rings. The minimum Gasteiger partial charge on any atom is -0.462 e. The summed E-state index contributed by atoms with van der Waals surface area (Å²) in [7, 11) is 0. The molecule has 0 saturated heterocycles. The Hall–Kier alpha value is -1.57. The van der Waals surface area contributed by atoms with E-state index >= 15 is 0 Å². The van der Waals surface area contributed by atoms with Crippen LogP contribution < -0.4 is 0 Å². The molecule has 2 heterocycles. The number of furan rings is 1. The second-order valence-electron chi connectivity index (χ2n) is 2.56. The average molecular weight is 143 g/mol. The smallest absolute Gasteiger partial charge is 0.160 e. The molecule has 52 valence electrons. The summed E-state index contributed by atoms with van der Waals surface area (Å²) in [6.45, 7) is 0. The summed E-state index contributed by atoms with van der Waals surface area (Å²) in [4.78, 5) is 4.19. The molecule has 0 spiro atoms. The molecule has 0 atom stereocenters. The van der Waals surface area contributed by atoms with E-state index in [-0.39, 0.29) is 0 Å². The predicted molar refractivity (Wildman–Crippen MR) is 40.9 cm³/mol. The van der Waals surface area contributed by atoms with Crippen LogP contribution in [0.4, 0.5) is 0 Å². The highest BCUT2D eigenvalue weighted by Crippen LogP contribution is 2.45. The van der Waals surface area contributed by atoms with Gasteiger partial charge in [-0.2, -0.15) is 0 Å². The van der Waals surface area contributed by atoms with Gasteiger partial charge in [0, 0.05) is 17.3 Å². The van der Waals surface area contributed by atoms with Gasteiger partial charge in [-0.25, -0.2) is 0 Å². The molecule has 2 aromatic heterocycles. The summed E-state index contributed by atoms with van der Waals surface area (Å²) in [5.74, 6) is 0.931. The van der Waals surface area contributed by atoms with Crippen LogP contribution in [-0.4, -0.2) is 4.98 Å². The quantitative estimate of drug-likeness (QED) is 0.482. The molecule has 11 heavy (non-hydrogen) atoms. The minimum absolute atomic E-state index is 0.931. The highest BCUT2D eigenvalue weighted by molar-refractivity contribution is 5.96. The molecule has 0 N–H and O–H groups in total. The lowest BCUT2D eigenvalue weighted by molar-refractivity contribution is 0.578. The van der Waals surface area contributed by atoms with Crippen LogP contribution in [0.5, 0.6) is 0 Å². The average Bonchev–Trinajstić information content (AvgIpc) is 2.44. The van der Waals surface area contributed by atoms with E-state index in [9.17, 15) is 0 Å². The van der Waals surface area contributed by atoms with E-state index in [1.165, 1.54) is 11.1 Å². The zero-order chi connectivity index (χ0) is 7.26. The number of hydrogen-bond acceptors (Lipinski definition) is 2. The second kappa shape index (κ2) is 1.53. The SMILES string of the molecule is c1cnc2c(c1)-c1ccoc1-2. The number of pyridine rings is 1. The Bertz CT molecular complexity index is 380. The first-order valence-corrected chi connectivity index (χ1v) is 3.50. The minimum atomic E-state index is 0.931. The van der Waals surface area contributed by atoms with Gasteiger partial charge >= 0.3 is 0 Å². The molecule has 2 heteroatoms. The van der Waals surface area contributed by atoms with Gasteiger partial charge in [-0.05, 0) is 12.1 Å². The summed E-state index contributed by atoms with van der Waals surface area (Å²) < 4.78 is 5.21. The van der Waals surface area contributed by atoms with Crippen molar-refractivity contribution in [3.8, 4) is 22.6 Å². The molecular formula is C9H5NO. The van der Waals surface area contributed by atoms with Crippen LogP contribution in [0.15, 0.2) is 35.1 Å². The Morgan fingerprint density at radius 3 is 3.18 bits per heavy atom. The predicted octanol–water partition coefficient (Wildman–Crippen LogP) is 2.32. The summed E-state index contributed by atoms with van der Waals surface area (Å²) in [5, 5.41) is 0. The van der Waals surface area contributed by atoms with Crippen molar-refractivity contribution >= 4 is 0 Å². The summed E-state index contributed by atoms with van der Waals surface area (Å²) in [5.41, 5.74) is 3.39. The Morgan fingerprint density at radius 2 is 2.18 bits per heavy atom. The number of fused-ring (bicyclic) bond motifs is 4. The fourth-order valence-corrected chi connectivity index (χ4v) is 1.45. The topological polar surface area (TPSA) is 26.0 Å². The van der Waals surface area contributed by atoms with E-state index in [1.807, 2.05) is 12.1 Å². The molecule has 0 aliphatic heterocycles. The number of hydrogen-bond donors (Lipinski definition) is 0. The molecule has 0 saturated carbocycles. The van der Waals surface area contributed by atoms with Crippen molar-refractivity contribution in [2.24, 2.45) is 0 Å². The van der Waals surface area contributed by atoms with Crippen LogP contribution in [0.3, 0.4) is 0 Å². The van der Waals surface area contributed by atoms with Crippen molar-refractivity contribution < 1.29 is 4.42 Å². The van der Waals surface area contributed by atoms with Crippen LogP contribution in [0.2, 0.25) is 0 Å². The third kappa shape index (κ3) is 0.463. The highest BCUT2D eigenvalue weighted by atomic mass is 16.3. The lowest BCUT2D eigenvalue weighted by Gasteiger charge is -2.14. The van der Waals surface area contributed by atoms with Crippen molar-refractivity contribution in [3.05, 3.63) is 30.7 Å². The molecule has 1 aliphatic carbocycles. The van der Waals surface area contributed by atoms with Crippen LogP contribution in [0.25, 0.3) is 22.6 Å². The lowest BCUT2D eigenvalue weighted by Crippen LogP contribution is -1.96. The van der Waals surface area contributed by atoms with Crippen molar-refractivity contribution in [1.29, 1.82) is 0 Å². The van der Waals surface area contributed by atoms with Crippen LogP contribution in [-0.2, 0) is 0 Å². The first-order chi connectivity index (χ1) is 5.47. The van der Waals surface area contributed by atoms with E-state index in [4.69, 9.17) is 4.42 Å². The van der Waals surface area contributed by atoms with Gasteiger partial charge in [-0.15, -0.1) is 0 Å². The molecule has 0 radical (unpaired) electrons.